The molecule has 3 aromatic rings. The fraction of sp³-hybridized carbons (Fsp3) is 0.348. The number of hydrogen-bond acceptors (Lipinski definition) is 4. The lowest BCUT2D eigenvalue weighted by Gasteiger charge is -2.32. The van der Waals surface area contributed by atoms with E-state index >= 15 is 0 Å². The van der Waals surface area contributed by atoms with E-state index in [1.807, 2.05) is 56.4 Å². The highest BCUT2D eigenvalue weighted by atomic mass is 35.5. The van der Waals surface area contributed by atoms with Crippen LogP contribution in [0.4, 0.5) is 0 Å². The molecular weight excluding hydrogens is 398 g/mol. The van der Waals surface area contributed by atoms with Gasteiger partial charge in [-0.3, -0.25) is 14.7 Å². The zero-order valence-corrected chi connectivity index (χ0v) is 18.1. The predicted molar refractivity (Wildman–Crippen MR) is 118 cm³/mol. The standard InChI is InChI=1S/C23H26ClN5O/c1-16-22(24)17(2)29(27-16)21-8-6-18(7-9-21)23(30)26-19-10-13-28(14-11-19)15-20-5-3-4-12-25-20/h3-9,12,19H,10-11,13-15H2,1-2H3,(H,26,30). The monoisotopic (exact) mass is 423 g/mol. The summed E-state index contributed by atoms with van der Waals surface area (Å²) in [6, 6.07) is 13.7. The number of aromatic nitrogens is 3. The Kier molecular flexibility index (Phi) is 6.16. The fourth-order valence-corrected chi connectivity index (χ4v) is 3.97. The average Bonchev–Trinajstić information content (AvgIpc) is 3.03. The molecule has 0 radical (unpaired) electrons. The number of likely N-dealkylation sites (tertiary alicyclic amines) is 1. The van der Waals surface area contributed by atoms with Crippen LogP contribution in [0.1, 0.15) is 40.3 Å². The number of halogens is 1. The van der Waals surface area contributed by atoms with Crippen LogP contribution < -0.4 is 5.32 Å². The molecular formula is C23H26ClN5O. The first kappa shape index (κ1) is 20.6. The van der Waals surface area contributed by atoms with Gasteiger partial charge in [-0.1, -0.05) is 17.7 Å². The maximum atomic E-state index is 12.7. The van der Waals surface area contributed by atoms with E-state index in [9.17, 15) is 4.79 Å². The summed E-state index contributed by atoms with van der Waals surface area (Å²) >= 11 is 6.24. The van der Waals surface area contributed by atoms with Crippen molar-refractivity contribution in [3.05, 3.63) is 76.3 Å². The smallest absolute Gasteiger partial charge is 0.251 e. The number of benzene rings is 1. The summed E-state index contributed by atoms with van der Waals surface area (Å²) < 4.78 is 1.80. The van der Waals surface area contributed by atoms with E-state index in [4.69, 9.17) is 11.6 Å². The zero-order chi connectivity index (χ0) is 21.1. The van der Waals surface area contributed by atoms with Crippen molar-refractivity contribution in [2.75, 3.05) is 13.1 Å². The van der Waals surface area contributed by atoms with Gasteiger partial charge >= 0.3 is 0 Å². The van der Waals surface area contributed by atoms with Crippen LogP contribution >= 0.6 is 11.6 Å². The van der Waals surface area contributed by atoms with Crippen molar-refractivity contribution < 1.29 is 4.79 Å². The van der Waals surface area contributed by atoms with Crippen molar-refractivity contribution >= 4 is 17.5 Å². The van der Waals surface area contributed by atoms with Crippen LogP contribution in [0, 0.1) is 13.8 Å². The molecule has 4 rings (SSSR count). The van der Waals surface area contributed by atoms with E-state index < -0.39 is 0 Å². The third-order valence-corrected chi connectivity index (χ3v) is 6.16. The Bertz CT molecular complexity index is 1010. The number of piperidine rings is 1. The molecule has 1 aliphatic heterocycles. The van der Waals surface area contributed by atoms with Gasteiger partial charge in [-0.15, -0.1) is 0 Å². The second kappa shape index (κ2) is 8.98. The topological polar surface area (TPSA) is 63.1 Å². The summed E-state index contributed by atoms with van der Waals surface area (Å²) in [6.07, 6.45) is 3.72. The summed E-state index contributed by atoms with van der Waals surface area (Å²) in [6.45, 7) is 6.59. The van der Waals surface area contributed by atoms with Gasteiger partial charge in [0.1, 0.15) is 0 Å². The van der Waals surface area contributed by atoms with Gasteiger partial charge in [0.25, 0.3) is 5.91 Å². The van der Waals surface area contributed by atoms with Crippen LogP contribution in [0.2, 0.25) is 5.02 Å². The lowest BCUT2D eigenvalue weighted by Crippen LogP contribution is -2.44. The number of nitrogens with one attached hydrogen (secondary N) is 1. The molecule has 3 heterocycles. The molecule has 0 aliphatic carbocycles. The van der Waals surface area contributed by atoms with E-state index in [-0.39, 0.29) is 11.9 Å². The Hall–Kier alpha value is -2.70. The molecule has 2 aromatic heterocycles. The van der Waals surface area contributed by atoms with Gasteiger partial charge in [0.2, 0.25) is 0 Å². The first-order valence-corrected chi connectivity index (χ1v) is 10.6. The molecule has 1 aliphatic rings. The Morgan fingerprint density at radius 2 is 1.87 bits per heavy atom. The lowest BCUT2D eigenvalue weighted by molar-refractivity contribution is 0.0908. The van der Waals surface area contributed by atoms with E-state index in [2.05, 4.69) is 26.4 Å². The van der Waals surface area contributed by atoms with E-state index in [1.54, 1.807) is 4.68 Å². The minimum Gasteiger partial charge on any atom is -0.349 e. The molecule has 1 N–H and O–H groups in total. The largest absolute Gasteiger partial charge is 0.349 e. The maximum absolute atomic E-state index is 12.7. The first-order valence-electron chi connectivity index (χ1n) is 10.3. The molecule has 0 saturated carbocycles. The van der Waals surface area contributed by atoms with Gasteiger partial charge in [-0.05, 0) is 63.1 Å². The van der Waals surface area contributed by atoms with Gasteiger partial charge in [0.05, 0.1) is 27.8 Å². The molecule has 0 bridgehead atoms. The van der Waals surface area contributed by atoms with Gasteiger partial charge in [0.15, 0.2) is 0 Å². The van der Waals surface area contributed by atoms with Gasteiger partial charge in [-0.2, -0.15) is 5.10 Å². The average molecular weight is 424 g/mol. The molecule has 156 valence electrons. The summed E-state index contributed by atoms with van der Waals surface area (Å²) in [7, 11) is 0. The lowest BCUT2D eigenvalue weighted by atomic mass is 10.0. The minimum absolute atomic E-state index is 0.0314. The van der Waals surface area contributed by atoms with Crippen molar-refractivity contribution in [2.45, 2.75) is 39.3 Å². The minimum atomic E-state index is -0.0314. The van der Waals surface area contributed by atoms with Crippen LogP contribution in [0.15, 0.2) is 48.7 Å². The zero-order valence-electron chi connectivity index (χ0n) is 17.3. The van der Waals surface area contributed by atoms with Crippen LogP contribution in [0.25, 0.3) is 5.69 Å². The van der Waals surface area contributed by atoms with Crippen LogP contribution in [-0.2, 0) is 6.54 Å². The summed E-state index contributed by atoms with van der Waals surface area (Å²) in [5, 5.41) is 8.31. The van der Waals surface area contributed by atoms with E-state index in [1.165, 1.54) is 0 Å². The van der Waals surface area contributed by atoms with Gasteiger partial charge in [-0.25, -0.2) is 4.68 Å². The Morgan fingerprint density at radius 3 is 2.47 bits per heavy atom. The molecule has 30 heavy (non-hydrogen) atoms. The number of hydrogen-bond donors (Lipinski definition) is 1. The van der Waals surface area contributed by atoms with Crippen molar-refractivity contribution in [3.63, 3.8) is 0 Å². The highest BCUT2D eigenvalue weighted by Gasteiger charge is 2.21. The second-order valence-corrected chi connectivity index (χ2v) is 8.17. The quantitative estimate of drug-likeness (QED) is 0.675. The Labute approximate surface area is 181 Å². The highest BCUT2D eigenvalue weighted by Crippen LogP contribution is 2.22. The second-order valence-electron chi connectivity index (χ2n) is 7.79. The van der Waals surface area contributed by atoms with Gasteiger partial charge in [0, 0.05) is 37.4 Å². The SMILES string of the molecule is Cc1nn(-c2ccc(C(=O)NC3CCN(Cc4ccccn4)CC3)cc2)c(C)c1Cl. The number of amides is 1. The summed E-state index contributed by atoms with van der Waals surface area (Å²) in [5.41, 5.74) is 4.32. The summed E-state index contributed by atoms with van der Waals surface area (Å²) in [5.74, 6) is -0.0314. The molecule has 6 nitrogen and oxygen atoms in total. The third-order valence-electron chi connectivity index (χ3n) is 5.61. The number of rotatable bonds is 5. The molecule has 7 heteroatoms. The van der Waals surface area contributed by atoms with E-state index in [0.717, 1.165) is 55.2 Å². The number of carbonyl (C=O) groups excluding carboxylic acids is 1. The Morgan fingerprint density at radius 1 is 1.13 bits per heavy atom. The normalized spacial score (nSPS) is 15.3. The maximum Gasteiger partial charge on any atom is 0.251 e. The number of pyridine rings is 1. The van der Waals surface area contributed by atoms with Crippen LogP contribution in [0.5, 0.6) is 0 Å². The molecule has 0 unspecified atom stereocenters. The van der Waals surface area contributed by atoms with Crippen molar-refractivity contribution in [1.29, 1.82) is 0 Å². The third kappa shape index (κ3) is 4.55. The van der Waals surface area contributed by atoms with Crippen molar-refractivity contribution in [3.8, 4) is 5.69 Å². The molecule has 1 aromatic carbocycles. The molecule has 0 spiro atoms. The molecule has 1 amide bonds. The number of aryl methyl sites for hydroxylation is 1. The van der Waals surface area contributed by atoms with Crippen LogP contribution in [-0.4, -0.2) is 44.7 Å². The van der Waals surface area contributed by atoms with Crippen LogP contribution in [0.3, 0.4) is 0 Å². The van der Waals surface area contributed by atoms with Gasteiger partial charge < -0.3 is 5.32 Å². The predicted octanol–water partition coefficient (Wildman–Crippen LogP) is 3.93. The summed E-state index contributed by atoms with van der Waals surface area (Å²) in [4.78, 5) is 19.5. The highest BCUT2D eigenvalue weighted by molar-refractivity contribution is 6.31. The molecule has 0 atom stereocenters. The number of nitrogens with zero attached hydrogens (tertiary/aromatic N) is 4. The first-order chi connectivity index (χ1) is 14.5. The fourth-order valence-electron chi connectivity index (χ4n) is 3.85. The Balaban J connectivity index is 1.32. The molecule has 1 saturated heterocycles. The molecule has 1 fully saturated rings. The van der Waals surface area contributed by atoms with Crippen molar-refractivity contribution in [1.82, 2.24) is 25.0 Å². The van der Waals surface area contributed by atoms with E-state index in [0.29, 0.717) is 10.6 Å². The van der Waals surface area contributed by atoms with Crippen molar-refractivity contribution in [2.24, 2.45) is 0 Å². The number of carbonyl (C=O) groups is 1.